The largest absolute Gasteiger partial charge is 0.469 e. The number of carbonyl (C=O) groups excluding carboxylic acids is 1. The summed E-state index contributed by atoms with van der Waals surface area (Å²) in [6.07, 6.45) is 3.33. The highest BCUT2D eigenvalue weighted by Gasteiger charge is 2.18. The molecule has 120 valence electrons. The molecule has 3 aromatic rings. The summed E-state index contributed by atoms with van der Waals surface area (Å²) in [5, 5.41) is 8.01. The molecule has 0 saturated carbocycles. The summed E-state index contributed by atoms with van der Waals surface area (Å²) in [6.45, 7) is 3.89. The van der Waals surface area contributed by atoms with Crippen molar-refractivity contribution in [2.75, 3.05) is 0 Å². The van der Waals surface area contributed by atoms with Crippen LogP contribution in [-0.2, 0) is 6.42 Å². The third-order valence-corrected chi connectivity index (χ3v) is 5.44. The average molecular weight is 346 g/mol. The first kappa shape index (κ1) is 16.0. The van der Waals surface area contributed by atoms with Crippen LogP contribution in [0.3, 0.4) is 0 Å². The van der Waals surface area contributed by atoms with Crippen LogP contribution in [0.2, 0.25) is 0 Å². The van der Waals surface area contributed by atoms with Gasteiger partial charge in [-0.05, 0) is 43.8 Å². The van der Waals surface area contributed by atoms with Gasteiger partial charge < -0.3 is 9.73 Å². The fourth-order valence-electron chi connectivity index (χ4n) is 2.29. The SMILES string of the molecule is Cc1nc(-c2ccsc2)sc1C(=O)NC(C)CCc1ccco1. The van der Waals surface area contributed by atoms with Crippen molar-refractivity contribution in [3.05, 3.63) is 51.6 Å². The highest BCUT2D eigenvalue weighted by atomic mass is 32.1. The lowest BCUT2D eigenvalue weighted by Crippen LogP contribution is -2.32. The summed E-state index contributed by atoms with van der Waals surface area (Å²) >= 11 is 3.08. The second-order valence-electron chi connectivity index (χ2n) is 5.44. The Morgan fingerprint density at radius 1 is 1.43 bits per heavy atom. The minimum absolute atomic E-state index is 0.0478. The molecule has 3 rings (SSSR count). The van der Waals surface area contributed by atoms with Gasteiger partial charge in [0.15, 0.2) is 0 Å². The number of amides is 1. The molecular formula is C17H18N2O2S2. The lowest BCUT2D eigenvalue weighted by molar-refractivity contribution is 0.0941. The van der Waals surface area contributed by atoms with E-state index in [2.05, 4.69) is 10.3 Å². The Bertz CT molecular complexity index is 761. The number of rotatable bonds is 6. The van der Waals surface area contributed by atoms with E-state index in [-0.39, 0.29) is 11.9 Å². The summed E-state index contributed by atoms with van der Waals surface area (Å²) in [7, 11) is 0. The molecule has 0 aliphatic rings. The van der Waals surface area contributed by atoms with Crippen LogP contribution < -0.4 is 5.32 Å². The van der Waals surface area contributed by atoms with Crippen molar-refractivity contribution >= 4 is 28.6 Å². The molecule has 0 saturated heterocycles. The highest BCUT2D eigenvalue weighted by molar-refractivity contribution is 7.17. The molecule has 3 aromatic heterocycles. The summed E-state index contributed by atoms with van der Waals surface area (Å²) < 4.78 is 5.32. The van der Waals surface area contributed by atoms with E-state index >= 15 is 0 Å². The maximum atomic E-state index is 12.5. The number of aryl methyl sites for hydroxylation is 2. The number of nitrogens with zero attached hydrogens (tertiary/aromatic N) is 1. The molecule has 0 aliphatic carbocycles. The molecule has 0 aliphatic heterocycles. The van der Waals surface area contributed by atoms with Crippen LogP contribution >= 0.6 is 22.7 Å². The minimum Gasteiger partial charge on any atom is -0.469 e. The molecule has 4 nitrogen and oxygen atoms in total. The van der Waals surface area contributed by atoms with Gasteiger partial charge in [0.25, 0.3) is 5.91 Å². The van der Waals surface area contributed by atoms with E-state index in [4.69, 9.17) is 4.42 Å². The van der Waals surface area contributed by atoms with Crippen molar-refractivity contribution in [3.8, 4) is 10.6 Å². The molecule has 1 N–H and O–H groups in total. The van der Waals surface area contributed by atoms with Gasteiger partial charge >= 0.3 is 0 Å². The van der Waals surface area contributed by atoms with E-state index in [1.54, 1.807) is 17.6 Å². The molecule has 23 heavy (non-hydrogen) atoms. The smallest absolute Gasteiger partial charge is 0.263 e. The minimum atomic E-state index is -0.0478. The second-order valence-corrected chi connectivity index (χ2v) is 7.22. The van der Waals surface area contributed by atoms with E-state index in [0.717, 1.165) is 34.9 Å². The van der Waals surface area contributed by atoms with E-state index in [0.29, 0.717) is 4.88 Å². The zero-order chi connectivity index (χ0) is 16.2. The van der Waals surface area contributed by atoms with Gasteiger partial charge in [0.1, 0.15) is 15.6 Å². The van der Waals surface area contributed by atoms with Gasteiger partial charge in [-0.3, -0.25) is 4.79 Å². The molecular weight excluding hydrogens is 328 g/mol. The molecule has 3 heterocycles. The van der Waals surface area contributed by atoms with Crippen LogP contribution in [-0.4, -0.2) is 16.9 Å². The number of aromatic nitrogens is 1. The van der Waals surface area contributed by atoms with Gasteiger partial charge in [-0.2, -0.15) is 11.3 Å². The van der Waals surface area contributed by atoms with E-state index in [9.17, 15) is 4.79 Å². The predicted molar refractivity (Wildman–Crippen MR) is 94.1 cm³/mol. The Kier molecular flexibility index (Phi) is 4.93. The average Bonchev–Trinajstić information content (AvgIpc) is 3.26. The molecule has 1 amide bonds. The number of hydrogen-bond donors (Lipinski definition) is 1. The van der Waals surface area contributed by atoms with E-state index < -0.39 is 0 Å². The van der Waals surface area contributed by atoms with E-state index in [1.165, 1.54) is 11.3 Å². The zero-order valence-electron chi connectivity index (χ0n) is 13.0. The van der Waals surface area contributed by atoms with Gasteiger partial charge in [0, 0.05) is 23.4 Å². The summed E-state index contributed by atoms with van der Waals surface area (Å²) in [6, 6.07) is 5.94. The Morgan fingerprint density at radius 3 is 3.00 bits per heavy atom. The molecule has 1 atom stereocenters. The quantitative estimate of drug-likeness (QED) is 0.714. The first-order chi connectivity index (χ1) is 11.1. The highest BCUT2D eigenvalue weighted by Crippen LogP contribution is 2.29. The Balaban J connectivity index is 1.61. The van der Waals surface area contributed by atoms with Gasteiger partial charge in [0.05, 0.1) is 12.0 Å². The topological polar surface area (TPSA) is 55.1 Å². The third-order valence-electron chi connectivity index (χ3n) is 3.55. The third kappa shape index (κ3) is 3.89. The van der Waals surface area contributed by atoms with Crippen LogP contribution in [0.1, 0.15) is 34.5 Å². The molecule has 1 unspecified atom stereocenters. The van der Waals surface area contributed by atoms with Gasteiger partial charge in [-0.25, -0.2) is 4.98 Å². The number of thiophene rings is 1. The van der Waals surface area contributed by atoms with Crippen LogP contribution in [0.5, 0.6) is 0 Å². The van der Waals surface area contributed by atoms with Crippen LogP contribution in [0.25, 0.3) is 10.6 Å². The first-order valence-electron chi connectivity index (χ1n) is 7.46. The Morgan fingerprint density at radius 2 is 2.30 bits per heavy atom. The maximum absolute atomic E-state index is 12.5. The fourth-order valence-corrected chi connectivity index (χ4v) is 3.97. The van der Waals surface area contributed by atoms with Crippen LogP contribution in [0.15, 0.2) is 39.6 Å². The maximum Gasteiger partial charge on any atom is 0.263 e. The molecule has 0 aromatic carbocycles. The molecule has 0 bridgehead atoms. The standard InChI is InChI=1S/C17H18N2O2S2/c1-11(5-6-14-4-3-8-21-14)18-16(20)15-12(2)19-17(23-15)13-7-9-22-10-13/h3-4,7-11H,5-6H2,1-2H3,(H,18,20). The second kappa shape index (κ2) is 7.10. The fraction of sp³-hybridized carbons (Fsp3) is 0.294. The number of hydrogen-bond acceptors (Lipinski definition) is 5. The lowest BCUT2D eigenvalue weighted by Gasteiger charge is -2.12. The van der Waals surface area contributed by atoms with Crippen LogP contribution in [0.4, 0.5) is 0 Å². The first-order valence-corrected chi connectivity index (χ1v) is 9.22. The normalized spacial score (nSPS) is 12.3. The van der Waals surface area contributed by atoms with Crippen molar-refractivity contribution in [1.82, 2.24) is 10.3 Å². The molecule has 0 radical (unpaired) electrons. The molecule has 6 heteroatoms. The van der Waals surface area contributed by atoms with Crippen molar-refractivity contribution in [2.24, 2.45) is 0 Å². The summed E-state index contributed by atoms with van der Waals surface area (Å²) in [5.74, 6) is 0.897. The molecule has 0 fully saturated rings. The molecule has 0 spiro atoms. The van der Waals surface area contributed by atoms with Crippen molar-refractivity contribution in [2.45, 2.75) is 32.7 Å². The Labute approximate surface area is 143 Å². The monoisotopic (exact) mass is 346 g/mol. The number of thiazole rings is 1. The van der Waals surface area contributed by atoms with Crippen molar-refractivity contribution in [1.29, 1.82) is 0 Å². The van der Waals surface area contributed by atoms with Crippen molar-refractivity contribution < 1.29 is 9.21 Å². The number of carbonyl (C=O) groups is 1. The number of nitrogens with one attached hydrogen (secondary N) is 1. The summed E-state index contributed by atoms with van der Waals surface area (Å²) in [4.78, 5) is 17.7. The van der Waals surface area contributed by atoms with Gasteiger partial charge in [0.2, 0.25) is 0 Å². The van der Waals surface area contributed by atoms with Crippen molar-refractivity contribution in [3.63, 3.8) is 0 Å². The zero-order valence-corrected chi connectivity index (χ0v) is 14.7. The lowest BCUT2D eigenvalue weighted by atomic mass is 10.1. The van der Waals surface area contributed by atoms with Crippen LogP contribution in [0, 0.1) is 6.92 Å². The number of furan rings is 1. The van der Waals surface area contributed by atoms with Gasteiger partial charge in [-0.15, -0.1) is 11.3 Å². The predicted octanol–water partition coefficient (Wildman–Crippen LogP) is 4.52. The summed E-state index contributed by atoms with van der Waals surface area (Å²) in [5.41, 5.74) is 1.86. The Hall–Kier alpha value is -1.92. The van der Waals surface area contributed by atoms with Gasteiger partial charge in [-0.1, -0.05) is 0 Å². The van der Waals surface area contributed by atoms with E-state index in [1.807, 2.05) is 42.8 Å².